The van der Waals surface area contributed by atoms with Crippen molar-refractivity contribution < 1.29 is 19.7 Å². The highest BCUT2D eigenvalue weighted by molar-refractivity contribution is 5.86. The van der Waals surface area contributed by atoms with Gasteiger partial charge < -0.3 is 14.9 Å². The molecule has 3 fully saturated rings. The van der Waals surface area contributed by atoms with E-state index in [1.165, 1.54) is 0 Å². The van der Waals surface area contributed by atoms with Crippen molar-refractivity contribution in [2.24, 2.45) is 17.3 Å². The molecule has 3 aliphatic rings. The highest BCUT2D eigenvalue weighted by Gasteiger charge is 2.68. The summed E-state index contributed by atoms with van der Waals surface area (Å²) in [5.41, 5.74) is -0.373. The van der Waals surface area contributed by atoms with Gasteiger partial charge in [-0.3, -0.25) is 0 Å². The zero-order valence-electron chi connectivity index (χ0n) is 11.6. The number of carbonyl (C=O) groups is 1. The van der Waals surface area contributed by atoms with Crippen molar-refractivity contribution in [1.82, 2.24) is 0 Å². The van der Waals surface area contributed by atoms with E-state index in [0.717, 1.165) is 19.3 Å². The van der Waals surface area contributed by atoms with Gasteiger partial charge in [-0.05, 0) is 31.6 Å². The molecule has 2 bridgehead atoms. The van der Waals surface area contributed by atoms with Crippen LogP contribution in [-0.4, -0.2) is 34.0 Å². The van der Waals surface area contributed by atoms with Crippen LogP contribution in [0.25, 0.3) is 0 Å². The number of hydrogen-bond donors (Lipinski definition) is 2. The Hall–Kier alpha value is -0.870. The lowest BCUT2D eigenvalue weighted by atomic mass is 9.65. The number of carboxylic acid groups (broad SMARTS) is 1. The fourth-order valence-electron chi connectivity index (χ4n) is 4.86. The van der Waals surface area contributed by atoms with Gasteiger partial charge >= 0.3 is 5.97 Å². The molecule has 2 N–H and O–H groups in total. The molecule has 0 aromatic rings. The monoisotopic (exact) mass is 266 g/mol. The van der Waals surface area contributed by atoms with Gasteiger partial charge in [-0.2, -0.15) is 0 Å². The predicted molar refractivity (Wildman–Crippen MR) is 69.6 cm³/mol. The first kappa shape index (κ1) is 13.1. The first-order valence-corrected chi connectivity index (χ1v) is 7.10. The SMILES string of the molecule is C=C(C(=O)O)[C@@H]1C[C@@]2(C)[C@H](O)CC[C@@]23O[C@@H]1C[C@H]3C. The van der Waals surface area contributed by atoms with Crippen LogP contribution in [0.15, 0.2) is 12.2 Å². The Bertz CT molecular complexity index is 445. The summed E-state index contributed by atoms with van der Waals surface area (Å²) in [6, 6.07) is 0. The highest BCUT2D eigenvalue weighted by atomic mass is 16.5. The summed E-state index contributed by atoms with van der Waals surface area (Å²) in [4.78, 5) is 11.2. The molecule has 3 rings (SSSR count). The molecule has 1 aliphatic carbocycles. The number of aliphatic carboxylic acids is 1. The molecule has 0 amide bonds. The molecule has 4 heteroatoms. The number of rotatable bonds is 2. The second-order valence-corrected chi connectivity index (χ2v) is 6.80. The average Bonchev–Trinajstić information content (AvgIpc) is 2.79. The maximum atomic E-state index is 11.2. The maximum absolute atomic E-state index is 11.2. The first-order valence-electron chi connectivity index (χ1n) is 7.10. The molecule has 0 radical (unpaired) electrons. The van der Waals surface area contributed by atoms with Crippen LogP contribution in [0.3, 0.4) is 0 Å². The fraction of sp³-hybridized carbons (Fsp3) is 0.800. The van der Waals surface area contributed by atoms with Crippen LogP contribution in [0.5, 0.6) is 0 Å². The van der Waals surface area contributed by atoms with Gasteiger partial charge in [-0.1, -0.05) is 20.4 Å². The van der Waals surface area contributed by atoms with Crippen molar-refractivity contribution in [1.29, 1.82) is 0 Å². The molecule has 6 atom stereocenters. The molecule has 0 aromatic carbocycles. The van der Waals surface area contributed by atoms with Gasteiger partial charge in [0.1, 0.15) is 0 Å². The van der Waals surface area contributed by atoms with E-state index in [1.54, 1.807) is 0 Å². The third kappa shape index (κ3) is 1.44. The van der Waals surface area contributed by atoms with Gasteiger partial charge in [0.05, 0.1) is 17.8 Å². The van der Waals surface area contributed by atoms with Crippen LogP contribution in [-0.2, 0) is 9.53 Å². The van der Waals surface area contributed by atoms with Crippen molar-refractivity contribution in [2.75, 3.05) is 0 Å². The van der Waals surface area contributed by atoms with Crippen LogP contribution in [0.2, 0.25) is 0 Å². The molecule has 106 valence electrons. The van der Waals surface area contributed by atoms with Crippen LogP contribution in [0.1, 0.15) is 39.5 Å². The molecule has 4 nitrogen and oxygen atoms in total. The number of ether oxygens (including phenoxy) is 1. The van der Waals surface area contributed by atoms with E-state index in [2.05, 4.69) is 20.4 Å². The van der Waals surface area contributed by atoms with Gasteiger partial charge in [0.15, 0.2) is 0 Å². The standard InChI is InChI=1S/C15H22O4/c1-8-6-11-10(9(2)13(17)18)7-14(3)12(16)4-5-15(8,14)19-11/h8,10-12,16H,2,4-7H2,1,3H3,(H,17,18)/t8-,10+,11-,12-,14+,15+/m1/s1. The third-order valence-electron chi connectivity index (χ3n) is 6.05. The molecule has 0 aromatic heterocycles. The van der Waals surface area contributed by atoms with E-state index < -0.39 is 12.1 Å². The summed E-state index contributed by atoms with van der Waals surface area (Å²) in [6.07, 6.45) is 2.73. The summed E-state index contributed by atoms with van der Waals surface area (Å²) in [6.45, 7) is 7.96. The second-order valence-electron chi connectivity index (χ2n) is 6.80. The molecule has 19 heavy (non-hydrogen) atoms. The summed E-state index contributed by atoms with van der Waals surface area (Å²) >= 11 is 0. The van der Waals surface area contributed by atoms with Crippen LogP contribution in [0, 0.1) is 17.3 Å². The Morgan fingerprint density at radius 3 is 2.79 bits per heavy atom. The minimum absolute atomic E-state index is 0.0445. The van der Waals surface area contributed by atoms with Crippen LogP contribution >= 0.6 is 0 Å². The van der Waals surface area contributed by atoms with Gasteiger partial charge in [0.25, 0.3) is 0 Å². The lowest BCUT2D eigenvalue weighted by Gasteiger charge is -2.50. The summed E-state index contributed by atoms with van der Waals surface area (Å²) in [5.74, 6) is -0.753. The maximum Gasteiger partial charge on any atom is 0.331 e. The first-order chi connectivity index (χ1) is 8.82. The zero-order chi connectivity index (χ0) is 14.0. The quantitative estimate of drug-likeness (QED) is 0.750. The van der Waals surface area contributed by atoms with Gasteiger partial charge in [0.2, 0.25) is 0 Å². The third-order valence-corrected chi connectivity index (χ3v) is 6.05. The van der Waals surface area contributed by atoms with Crippen molar-refractivity contribution in [3.63, 3.8) is 0 Å². The van der Waals surface area contributed by atoms with E-state index >= 15 is 0 Å². The van der Waals surface area contributed by atoms with Crippen molar-refractivity contribution in [2.45, 2.75) is 57.3 Å². The number of fused-ring (bicyclic) bond motifs is 1. The predicted octanol–water partition coefficient (Wildman–Crippen LogP) is 1.97. The molecule has 2 heterocycles. The highest BCUT2D eigenvalue weighted by Crippen LogP contribution is 2.65. The second kappa shape index (κ2) is 3.83. The normalized spacial score (nSPS) is 51.9. The molecule has 2 aliphatic heterocycles. The van der Waals surface area contributed by atoms with Crippen molar-refractivity contribution in [3.05, 3.63) is 12.2 Å². The molecule has 2 saturated heterocycles. The number of carboxylic acids is 1. The Kier molecular flexibility index (Phi) is 2.64. The lowest BCUT2D eigenvalue weighted by molar-refractivity contribution is -0.193. The topological polar surface area (TPSA) is 66.8 Å². The minimum atomic E-state index is -0.947. The van der Waals surface area contributed by atoms with Gasteiger partial charge in [-0.15, -0.1) is 0 Å². The fourth-order valence-corrected chi connectivity index (χ4v) is 4.86. The number of hydrogen-bond acceptors (Lipinski definition) is 3. The molecular formula is C15H22O4. The minimum Gasteiger partial charge on any atom is -0.478 e. The van der Waals surface area contributed by atoms with Crippen molar-refractivity contribution in [3.8, 4) is 0 Å². The van der Waals surface area contributed by atoms with E-state index in [0.29, 0.717) is 12.3 Å². The largest absolute Gasteiger partial charge is 0.478 e. The Labute approximate surface area is 113 Å². The smallest absolute Gasteiger partial charge is 0.331 e. The average molecular weight is 266 g/mol. The van der Waals surface area contributed by atoms with E-state index in [1.807, 2.05) is 0 Å². The lowest BCUT2D eigenvalue weighted by Crippen LogP contribution is -2.55. The Balaban J connectivity index is 2.00. The molecule has 1 spiro atoms. The zero-order valence-corrected chi connectivity index (χ0v) is 11.6. The Morgan fingerprint density at radius 2 is 2.16 bits per heavy atom. The summed E-state index contributed by atoms with van der Waals surface area (Å²) < 4.78 is 6.29. The van der Waals surface area contributed by atoms with E-state index in [4.69, 9.17) is 4.74 Å². The Morgan fingerprint density at radius 1 is 1.47 bits per heavy atom. The number of aliphatic hydroxyl groups is 1. The van der Waals surface area contributed by atoms with Gasteiger partial charge in [0, 0.05) is 16.9 Å². The van der Waals surface area contributed by atoms with Gasteiger partial charge in [-0.25, -0.2) is 4.79 Å². The van der Waals surface area contributed by atoms with E-state index in [9.17, 15) is 15.0 Å². The van der Waals surface area contributed by atoms with Crippen molar-refractivity contribution >= 4 is 5.97 Å². The van der Waals surface area contributed by atoms with Crippen LogP contribution < -0.4 is 0 Å². The molecule has 0 unspecified atom stereocenters. The molecule has 1 saturated carbocycles. The molecular weight excluding hydrogens is 244 g/mol. The van der Waals surface area contributed by atoms with Crippen LogP contribution in [0.4, 0.5) is 0 Å². The van der Waals surface area contributed by atoms with E-state index in [-0.39, 0.29) is 28.6 Å². The summed E-state index contributed by atoms with van der Waals surface area (Å²) in [5, 5.41) is 19.6. The summed E-state index contributed by atoms with van der Waals surface area (Å²) in [7, 11) is 0. The number of aliphatic hydroxyl groups excluding tert-OH is 1.